The first-order chi connectivity index (χ1) is 11.1. The number of benzene rings is 2. The molecule has 0 aliphatic rings. The first-order valence-corrected chi connectivity index (χ1v) is 6.90. The molecule has 0 aliphatic carbocycles. The molecule has 23 heavy (non-hydrogen) atoms. The fourth-order valence-electron chi connectivity index (χ4n) is 1.93. The van der Waals surface area contributed by atoms with E-state index in [1.54, 1.807) is 44.6 Å². The zero-order valence-electron chi connectivity index (χ0n) is 12.9. The van der Waals surface area contributed by atoms with Crippen molar-refractivity contribution in [3.05, 3.63) is 59.4 Å². The second-order valence-electron chi connectivity index (χ2n) is 4.70. The molecule has 0 aliphatic heterocycles. The molecular weight excluding hydrogens is 299 g/mol. The average molecular weight is 316 g/mol. The lowest BCUT2D eigenvalue weighted by atomic mass is 10.1. The lowest BCUT2D eigenvalue weighted by molar-refractivity contribution is -0.120. The molecule has 120 valence electrons. The molecule has 0 atom stereocenters. The Labute approximate surface area is 133 Å². The largest absolute Gasteiger partial charge is 0.497 e. The first-order valence-electron chi connectivity index (χ1n) is 6.90. The van der Waals surface area contributed by atoms with E-state index in [1.807, 2.05) is 0 Å². The number of amides is 1. The van der Waals surface area contributed by atoms with Gasteiger partial charge in [-0.15, -0.1) is 0 Å². The number of carbonyl (C=O) groups is 1. The van der Waals surface area contributed by atoms with Gasteiger partial charge in [0, 0.05) is 11.6 Å². The summed E-state index contributed by atoms with van der Waals surface area (Å²) >= 11 is 0. The summed E-state index contributed by atoms with van der Waals surface area (Å²) in [7, 11) is 3.11. The average Bonchev–Trinajstić information content (AvgIpc) is 2.57. The summed E-state index contributed by atoms with van der Waals surface area (Å²) in [6, 6.07) is 11.0. The molecule has 2 rings (SSSR count). The van der Waals surface area contributed by atoms with Gasteiger partial charge in [-0.2, -0.15) is 5.10 Å². The normalized spacial score (nSPS) is 10.6. The van der Waals surface area contributed by atoms with Crippen LogP contribution in [0.4, 0.5) is 4.39 Å². The number of nitrogens with zero attached hydrogens (tertiary/aromatic N) is 1. The Morgan fingerprint density at radius 3 is 2.57 bits per heavy atom. The molecule has 6 heteroatoms. The summed E-state index contributed by atoms with van der Waals surface area (Å²) in [5, 5.41) is 3.90. The minimum atomic E-state index is -0.334. The molecule has 0 saturated carbocycles. The van der Waals surface area contributed by atoms with E-state index in [4.69, 9.17) is 9.47 Å². The van der Waals surface area contributed by atoms with Gasteiger partial charge >= 0.3 is 0 Å². The van der Waals surface area contributed by atoms with E-state index < -0.39 is 0 Å². The number of hydrazone groups is 1. The molecule has 5 nitrogen and oxygen atoms in total. The van der Waals surface area contributed by atoms with Gasteiger partial charge in [0.25, 0.3) is 0 Å². The third-order valence-corrected chi connectivity index (χ3v) is 3.11. The van der Waals surface area contributed by atoms with Crippen molar-refractivity contribution in [3.8, 4) is 11.5 Å². The number of methoxy groups -OCH3 is 2. The molecule has 0 radical (unpaired) electrons. The Bertz CT molecular complexity index is 699. The third kappa shape index (κ3) is 4.81. The molecule has 0 heterocycles. The summed E-state index contributed by atoms with van der Waals surface area (Å²) in [5.41, 5.74) is 3.84. The van der Waals surface area contributed by atoms with Crippen LogP contribution in [0, 0.1) is 5.82 Å². The number of halogens is 1. The summed E-state index contributed by atoms with van der Waals surface area (Å²) < 4.78 is 23.1. The number of ether oxygens (including phenoxy) is 2. The Morgan fingerprint density at radius 2 is 1.91 bits per heavy atom. The van der Waals surface area contributed by atoms with Crippen LogP contribution in [0.1, 0.15) is 11.1 Å². The standard InChI is InChI=1S/C17H17FN2O3/c1-22-15-8-5-13(16(10-15)23-2)11-19-20-17(21)9-12-3-6-14(18)7-4-12/h3-8,10-11H,9H2,1-2H3,(H,20,21). The molecule has 0 fully saturated rings. The maximum atomic E-state index is 12.8. The Balaban J connectivity index is 1.95. The van der Waals surface area contributed by atoms with E-state index >= 15 is 0 Å². The van der Waals surface area contributed by atoms with E-state index in [0.29, 0.717) is 22.6 Å². The van der Waals surface area contributed by atoms with Gasteiger partial charge in [0.1, 0.15) is 17.3 Å². The highest BCUT2D eigenvalue weighted by Crippen LogP contribution is 2.22. The topological polar surface area (TPSA) is 59.9 Å². The minimum absolute atomic E-state index is 0.122. The summed E-state index contributed by atoms with van der Waals surface area (Å²) in [6.07, 6.45) is 1.61. The fraction of sp³-hybridized carbons (Fsp3) is 0.176. The Morgan fingerprint density at radius 1 is 1.17 bits per heavy atom. The quantitative estimate of drug-likeness (QED) is 0.658. The van der Waals surface area contributed by atoms with Gasteiger partial charge in [-0.1, -0.05) is 12.1 Å². The number of carbonyl (C=O) groups excluding carboxylic acids is 1. The van der Waals surface area contributed by atoms with Gasteiger partial charge in [-0.3, -0.25) is 4.79 Å². The van der Waals surface area contributed by atoms with Crippen LogP contribution >= 0.6 is 0 Å². The van der Waals surface area contributed by atoms with E-state index in [0.717, 1.165) is 0 Å². The van der Waals surface area contributed by atoms with Crippen LogP contribution in [0.2, 0.25) is 0 Å². The predicted octanol–water partition coefficient (Wildman–Crippen LogP) is 2.54. The van der Waals surface area contributed by atoms with Crippen LogP contribution in [0.15, 0.2) is 47.6 Å². The lowest BCUT2D eigenvalue weighted by Gasteiger charge is -2.07. The second-order valence-corrected chi connectivity index (χ2v) is 4.70. The zero-order valence-corrected chi connectivity index (χ0v) is 12.9. The van der Waals surface area contributed by atoms with Crippen LogP contribution in [-0.4, -0.2) is 26.3 Å². The molecule has 0 aromatic heterocycles. The van der Waals surface area contributed by atoms with Gasteiger partial charge in [-0.25, -0.2) is 9.82 Å². The van der Waals surface area contributed by atoms with Crippen LogP contribution in [0.3, 0.4) is 0 Å². The van der Waals surface area contributed by atoms with Crippen molar-refractivity contribution in [1.82, 2.24) is 5.43 Å². The highest BCUT2D eigenvalue weighted by atomic mass is 19.1. The van der Waals surface area contributed by atoms with Crippen LogP contribution in [0.25, 0.3) is 0 Å². The van der Waals surface area contributed by atoms with Crippen molar-refractivity contribution >= 4 is 12.1 Å². The molecule has 2 aromatic rings. The molecule has 2 aromatic carbocycles. The Kier molecular flexibility index (Phi) is 5.68. The van der Waals surface area contributed by atoms with E-state index in [-0.39, 0.29) is 18.1 Å². The van der Waals surface area contributed by atoms with Gasteiger partial charge in [0.05, 0.1) is 26.9 Å². The SMILES string of the molecule is COc1ccc(C=NNC(=O)Cc2ccc(F)cc2)c(OC)c1. The summed E-state index contributed by atoms with van der Waals surface area (Å²) in [6.45, 7) is 0. The monoisotopic (exact) mass is 316 g/mol. The molecule has 0 saturated heterocycles. The predicted molar refractivity (Wildman–Crippen MR) is 85.4 cm³/mol. The Hall–Kier alpha value is -2.89. The van der Waals surface area contributed by atoms with Crippen molar-refractivity contribution in [1.29, 1.82) is 0 Å². The van der Waals surface area contributed by atoms with Crippen molar-refractivity contribution in [2.75, 3.05) is 14.2 Å². The van der Waals surface area contributed by atoms with Crippen LogP contribution < -0.4 is 14.9 Å². The zero-order chi connectivity index (χ0) is 16.7. The molecule has 1 N–H and O–H groups in total. The fourth-order valence-corrected chi connectivity index (χ4v) is 1.93. The summed E-state index contributed by atoms with van der Waals surface area (Å²) in [5.74, 6) is 0.624. The molecule has 0 spiro atoms. The molecule has 1 amide bonds. The van der Waals surface area contributed by atoms with Gasteiger partial charge in [0.2, 0.25) is 5.91 Å². The summed E-state index contributed by atoms with van der Waals surface area (Å²) in [4.78, 5) is 11.8. The maximum absolute atomic E-state index is 12.8. The van der Waals surface area contributed by atoms with Crippen molar-refractivity contribution in [2.45, 2.75) is 6.42 Å². The molecule has 0 bridgehead atoms. The maximum Gasteiger partial charge on any atom is 0.244 e. The van der Waals surface area contributed by atoms with Crippen molar-refractivity contribution in [3.63, 3.8) is 0 Å². The minimum Gasteiger partial charge on any atom is -0.497 e. The van der Waals surface area contributed by atoms with Crippen molar-refractivity contribution < 1.29 is 18.7 Å². The number of nitrogens with one attached hydrogen (secondary N) is 1. The van der Waals surface area contributed by atoms with Crippen LogP contribution in [-0.2, 0) is 11.2 Å². The lowest BCUT2D eigenvalue weighted by Crippen LogP contribution is -2.19. The van der Waals surface area contributed by atoms with E-state index in [2.05, 4.69) is 10.5 Å². The van der Waals surface area contributed by atoms with Crippen molar-refractivity contribution in [2.24, 2.45) is 5.10 Å². The van der Waals surface area contributed by atoms with Gasteiger partial charge in [-0.05, 0) is 29.8 Å². The molecular formula is C17H17FN2O3. The highest BCUT2D eigenvalue weighted by molar-refractivity contribution is 5.86. The second kappa shape index (κ2) is 7.93. The number of hydrogen-bond acceptors (Lipinski definition) is 4. The van der Waals surface area contributed by atoms with Gasteiger partial charge in [0.15, 0.2) is 0 Å². The molecule has 0 unspecified atom stereocenters. The number of rotatable bonds is 6. The third-order valence-electron chi connectivity index (χ3n) is 3.11. The highest BCUT2D eigenvalue weighted by Gasteiger charge is 2.04. The smallest absolute Gasteiger partial charge is 0.244 e. The first kappa shape index (κ1) is 16.5. The van der Waals surface area contributed by atoms with E-state index in [1.165, 1.54) is 18.3 Å². The van der Waals surface area contributed by atoms with Gasteiger partial charge < -0.3 is 9.47 Å². The van der Waals surface area contributed by atoms with E-state index in [9.17, 15) is 9.18 Å². The van der Waals surface area contributed by atoms with Crippen LogP contribution in [0.5, 0.6) is 11.5 Å². The number of hydrogen-bond donors (Lipinski definition) is 1.